The maximum atomic E-state index is 12.6. The van der Waals surface area contributed by atoms with Crippen LogP contribution < -0.4 is 11.1 Å². The number of carbonyl (C=O) groups excluding carboxylic acids is 1. The third-order valence-corrected chi connectivity index (χ3v) is 5.87. The second-order valence-corrected chi connectivity index (χ2v) is 7.64. The highest BCUT2D eigenvalue weighted by Crippen LogP contribution is 2.32. The van der Waals surface area contributed by atoms with Crippen molar-refractivity contribution in [2.45, 2.75) is 25.7 Å². The lowest BCUT2D eigenvalue weighted by molar-refractivity contribution is -0.120. The Labute approximate surface area is 196 Å². The number of carbonyl (C=O) groups is 1. The molecule has 1 aromatic carbocycles. The zero-order valence-electron chi connectivity index (χ0n) is 17.0. The second-order valence-electron chi connectivity index (χ2n) is 7.64. The third-order valence-electron chi connectivity index (χ3n) is 5.87. The number of nitrogens with one attached hydrogen (secondary N) is 2. The molecule has 1 amide bonds. The van der Waals surface area contributed by atoms with Gasteiger partial charge in [0.15, 0.2) is 0 Å². The summed E-state index contributed by atoms with van der Waals surface area (Å²) in [6.45, 7) is 5.17. The number of hydrogen-bond acceptors (Lipinski definition) is 5. The van der Waals surface area contributed by atoms with Crippen LogP contribution in [-0.2, 0) is 16.0 Å². The average Bonchev–Trinajstić information content (AvgIpc) is 3.33. The monoisotopic (exact) mass is 479 g/mol. The number of aromatic nitrogens is 2. The summed E-state index contributed by atoms with van der Waals surface area (Å²) in [6.07, 6.45) is 3.97. The van der Waals surface area contributed by atoms with E-state index in [2.05, 4.69) is 20.2 Å². The van der Waals surface area contributed by atoms with Crippen molar-refractivity contribution in [3.8, 4) is 0 Å². The second kappa shape index (κ2) is 12.7. The minimum absolute atomic E-state index is 0. The van der Waals surface area contributed by atoms with Gasteiger partial charge in [-0.1, -0.05) is 6.42 Å². The summed E-state index contributed by atoms with van der Waals surface area (Å²) in [5, 5.41) is 3.07. The van der Waals surface area contributed by atoms with Crippen molar-refractivity contribution >= 4 is 59.8 Å². The van der Waals surface area contributed by atoms with Gasteiger partial charge in [0.2, 0.25) is 5.91 Å². The molecule has 2 fully saturated rings. The average molecular weight is 481 g/mol. The first-order chi connectivity index (χ1) is 13.2. The Balaban J connectivity index is 0.00000150. The van der Waals surface area contributed by atoms with E-state index in [0.717, 1.165) is 81.1 Å². The van der Waals surface area contributed by atoms with Gasteiger partial charge in [-0.2, -0.15) is 0 Å². The van der Waals surface area contributed by atoms with Crippen molar-refractivity contribution in [2.24, 2.45) is 17.6 Å². The highest BCUT2D eigenvalue weighted by Gasteiger charge is 2.31. The van der Waals surface area contributed by atoms with E-state index in [0.29, 0.717) is 12.5 Å². The van der Waals surface area contributed by atoms with Gasteiger partial charge in [0.1, 0.15) is 5.82 Å². The molecular weight excluding hydrogens is 449 g/mol. The molecular formula is C20H32Cl3N5O2. The summed E-state index contributed by atoms with van der Waals surface area (Å²) in [6, 6.07) is 5.87. The topological polar surface area (TPSA) is 96.3 Å². The predicted octanol–water partition coefficient (Wildman–Crippen LogP) is 3.02. The first-order valence-electron chi connectivity index (χ1n) is 10.0. The summed E-state index contributed by atoms with van der Waals surface area (Å²) < 4.78 is 5.39. The van der Waals surface area contributed by atoms with Crippen molar-refractivity contribution in [1.82, 2.24) is 14.9 Å². The molecule has 170 valence electrons. The summed E-state index contributed by atoms with van der Waals surface area (Å²) in [5.41, 5.74) is 8.53. The number of morpholine rings is 1. The summed E-state index contributed by atoms with van der Waals surface area (Å²) in [4.78, 5) is 23.1. The highest BCUT2D eigenvalue weighted by molar-refractivity contribution is 5.94. The van der Waals surface area contributed by atoms with E-state index in [1.807, 2.05) is 18.2 Å². The van der Waals surface area contributed by atoms with Gasteiger partial charge < -0.3 is 20.8 Å². The van der Waals surface area contributed by atoms with Gasteiger partial charge in [0.25, 0.3) is 0 Å². The lowest BCUT2D eigenvalue weighted by Crippen LogP contribution is -2.37. The number of ether oxygens (including phenoxy) is 1. The molecule has 1 saturated heterocycles. The molecule has 1 aliphatic carbocycles. The van der Waals surface area contributed by atoms with Gasteiger partial charge in [-0.25, -0.2) is 4.98 Å². The van der Waals surface area contributed by atoms with Gasteiger partial charge in [-0.3, -0.25) is 9.69 Å². The van der Waals surface area contributed by atoms with Gasteiger partial charge in [0, 0.05) is 37.7 Å². The Morgan fingerprint density at radius 3 is 2.73 bits per heavy atom. The number of nitrogens with two attached hydrogens (primary N) is 1. The summed E-state index contributed by atoms with van der Waals surface area (Å²) >= 11 is 0. The molecule has 2 aromatic rings. The maximum absolute atomic E-state index is 12.6. The third kappa shape index (κ3) is 6.45. The molecule has 30 heavy (non-hydrogen) atoms. The zero-order chi connectivity index (χ0) is 18.6. The van der Waals surface area contributed by atoms with Crippen LogP contribution >= 0.6 is 37.2 Å². The lowest BCUT2D eigenvalue weighted by atomic mass is 9.95. The molecule has 0 spiro atoms. The Hall–Kier alpha value is -1.09. The van der Waals surface area contributed by atoms with Crippen LogP contribution in [0, 0.1) is 11.8 Å². The molecule has 2 heterocycles. The number of anilines is 1. The Morgan fingerprint density at radius 2 is 2.00 bits per heavy atom. The quantitative estimate of drug-likeness (QED) is 0.590. The van der Waals surface area contributed by atoms with Crippen molar-refractivity contribution < 1.29 is 9.53 Å². The van der Waals surface area contributed by atoms with Crippen LogP contribution in [0.5, 0.6) is 0 Å². The van der Waals surface area contributed by atoms with Crippen molar-refractivity contribution in [3.63, 3.8) is 0 Å². The number of imidazole rings is 1. The number of rotatable bonds is 6. The summed E-state index contributed by atoms with van der Waals surface area (Å²) in [5.74, 6) is 1.43. The van der Waals surface area contributed by atoms with Gasteiger partial charge >= 0.3 is 0 Å². The van der Waals surface area contributed by atoms with E-state index in [-0.39, 0.29) is 49.0 Å². The molecule has 4 rings (SSSR count). The van der Waals surface area contributed by atoms with Crippen LogP contribution in [-0.4, -0.2) is 60.2 Å². The zero-order valence-corrected chi connectivity index (χ0v) is 19.4. The first kappa shape index (κ1) is 26.9. The van der Waals surface area contributed by atoms with E-state index in [1.54, 1.807) is 0 Å². The molecule has 1 saturated carbocycles. The number of hydrogen-bond donors (Lipinski definition) is 3. The number of fused-ring (bicyclic) bond motifs is 1. The molecule has 1 aliphatic heterocycles. The Morgan fingerprint density at radius 1 is 1.23 bits per heavy atom. The molecule has 2 aliphatic rings. The van der Waals surface area contributed by atoms with E-state index in [1.165, 1.54) is 0 Å². The van der Waals surface area contributed by atoms with Crippen LogP contribution in [0.25, 0.3) is 11.0 Å². The van der Waals surface area contributed by atoms with E-state index >= 15 is 0 Å². The normalized spacial score (nSPS) is 21.4. The Kier molecular flexibility index (Phi) is 11.4. The lowest BCUT2D eigenvalue weighted by Gasteiger charge is -2.25. The van der Waals surface area contributed by atoms with Crippen molar-refractivity contribution in [2.75, 3.05) is 44.7 Å². The van der Waals surface area contributed by atoms with E-state index in [9.17, 15) is 4.79 Å². The predicted molar refractivity (Wildman–Crippen MR) is 127 cm³/mol. The fraction of sp³-hybridized carbons (Fsp3) is 0.600. The number of amides is 1. The van der Waals surface area contributed by atoms with Crippen molar-refractivity contribution in [3.05, 3.63) is 24.0 Å². The molecule has 1 aromatic heterocycles. The van der Waals surface area contributed by atoms with Crippen LogP contribution in [0.1, 0.15) is 25.1 Å². The molecule has 0 unspecified atom stereocenters. The SMILES string of the molecule is Cl.Cl.Cl.NC[C@H]1CCC[C@H]1C(=O)Nc1ccc2nc(CCN3CCOCC3)[nH]c2c1. The van der Waals surface area contributed by atoms with Gasteiger partial charge in [0.05, 0.1) is 24.2 Å². The van der Waals surface area contributed by atoms with Gasteiger partial charge in [-0.05, 0) is 43.5 Å². The number of H-pyrrole nitrogens is 1. The molecule has 10 heteroatoms. The molecule has 4 N–H and O–H groups in total. The summed E-state index contributed by atoms with van der Waals surface area (Å²) in [7, 11) is 0. The van der Waals surface area contributed by atoms with Crippen LogP contribution in [0.15, 0.2) is 18.2 Å². The number of halogens is 3. The smallest absolute Gasteiger partial charge is 0.227 e. The fourth-order valence-corrected chi connectivity index (χ4v) is 4.25. The van der Waals surface area contributed by atoms with Crippen LogP contribution in [0.4, 0.5) is 5.69 Å². The first-order valence-corrected chi connectivity index (χ1v) is 10.0. The standard InChI is InChI=1S/C20H29N5O2.3ClH/c21-13-14-2-1-3-16(14)20(26)22-15-4-5-17-18(12-15)24-19(23-17)6-7-25-8-10-27-11-9-25;;;/h4-5,12,14,16H,1-3,6-11,13,21H2,(H,22,26)(H,23,24);3*1H/t14-,16-;;;/m1.../s1. The molecule has 2 atom stereocenters. The Bertz CT molecular complexity index is 798. The van der Waals surface area contributed by atoms with Gasteiger partial charge in [-0.15, -0.1) is 37.2 Å². The van der Waals surface area contributed by atoms with Crippen LogP contribution in [0.3, 0.4) is 0 Å². The molecule has 0 radical (unpaired) electrons. The van der Waals surface area contributed by atoms with E-state index < -0.39 is 0 Å². The minimum Gasteiger partial charge on any atom is -0.379 e. The number of benzene rings is 1. The van der Waals surface area contributed by atoms with E-state index in [4.69, 9.17) is 10.5 Å². The highest BCUT2D eigenvalue weighted by atomic mass is 35.5. The number of nitrogens with zero attached hydrogens (tertiary/aromatic N) is 2. The van der Waals surface area contributed by atoms with Crippen molar-refractivity contribution in [1.29, 1.82) is 0 Å². The molecule has 7 nitrogen and oxygen atoms in total. The molecule has 0 bridgehead atoms. The fourth-order valence-electron chi connectivity index (χ4n) is 4.25. The largest absolute Gasteiger partial charge is 0.379 e. The van der Waals surface area contributed by atoms with Crippen LogP contribution in [0.2, 0.25) is 0 Å². The minimum atomic E-state index is 0. The maximum Gasteiger partial charge on any atom is 0.227 e. The number of aromatic amines is 1.